The van der Waals surface area contributed by atoms with E-state index in [2.05, 4.69) is 0 Å². The van der Waals surface area contributed by atoms with E-state index < -0.39 is 8.46 Å². The summed E-state index contributed by atoms with van der Waals surface area (Å²) in [5.41, 5.74) is 3.12. The average molecular weight is 194 g/mol. The molecule has 0 unspecified atom stereocenters. The van der Waals surface area contributed by atoms with Crippen molar-refractivity contribution < 1.29 is 9.36 Å². The smallest absolute Gasteiger partial charge is 0.253 e. The van der Waals surface area contributed by atoms with Crippen LogP contribution >= 0.6 is 8.46 Å². The zero-order valence-corrected chi connectivity index (χ0v) is 8.81. The molecule has 0 amide bonds. The van der Waals surface area contributed by atoms with Gasteiger partial charge in [-0.1, -0.05) is 12.1 Å². The highest BCUT2D eigenvalue weighted by atomic mass is 31.1. The Kier molecular flexibility index (Phi) is 2.94. The maximum absolute atomic E-state index is 11.3. The lowest BCUT2D eigenvalue weighted by atomic mass is 9.99. The predicted octanol–water partition coefficient (Wildman–Crippen LogP) is 3.04. The molecule has 0 aliphatic heterocycles. The van der Waals surface area contributed by atoms with Gasteiger partial charge in [-0.15, -0.1) is 0 Å². The SMILES string of the molecule is Cc1ccc(C)c(C(=O)P=O)c1C. The molecule has 0 saturated heterocycles. The van der Waals surface area contributed by atoms with Crippen molar-refractivity contribution in [3.63, 3.8) is 0 Å². The summed E-state index contributed by atoms with van der Waals surface area (Å²) in [7, 11) is -0.432. The normalized spacial score (nSPS) is 10.4. The zero-order chi connectivity index (χ0) is 10.0. The summed E-state index contributed by atoms with van der Waals surface area (Å²) >= 11 is 0. The Morgan fingerprint density at radius 3 is 2.23 bits per heavy atom. The summed E-state index contributed by atoms with van der Waals surface area (Å²) < 4.78 is 10.5. The fourth-order valence-corrected chi connectivity index (χ4v) is 1.76. The number of benzene rings is 1. The van der Waals surface area contributed by atoms with Gasteiger partial charge in [0.05, 0.1) is 0 Å². The summed E-state index contributed by atoms with van der Waals surface area (Å²) in [5.74, 6) is 0. The molecule has 1 aromatic rings. The first-order valence-corrected chi connectivity index (χ1v) is 4.83. The van der Waals surface area contributed by atoms with Crippen LogP contribution in [0, 0.1) is 20.8 Å². The summed E-state index contributed by atoms with van der Waals surface area (Å²) in [6.45, 7) is 5.67. The quantitative estimate of drug-likeness (QED) is 0.678. The van der Waals surface area contributed by atoms with Gasteiger partial charge in [0.25, 0.3) is 5.52 Å². The molecule has 68 valence electrons. The molecule has 0 fully saturated rings. The Balaban J connectivity index is 3.41. The van der Waals surface area contributed by atoms with Crippen molar-refractivity contribution in [3.05, 3.63) is 34.4 Å². The molecule has 1 rings (SSSR count). The first-order chi connectivity index (χ1) is 6.07. The van der Waals surface area contributed by atoms with Gasteiger partial charge in [0.1, 0.15) is 0 Å². The summed E-state index contributed by atoms with van der Waals surface area (Å²) in [6.07, 6.45) is 0. The molecule has 0 aliphatic rings. The van der Waals surface area contributed by atoms with Crippen molar-refractivity contribution in [2.45, 2.75) is 20.8 Å². The molecule has 13 heavy (non-hydrogen) atoms. The molecule has 0 atom stereocenters. The van der Waals surface area contributed by atoms with Crippen LogP contribution in [0.1, 0.15) is 27.0 Å². The molecule has 0 aliphatic carbocycles. The lowest BCUT2D eigenvalue weighted by molar-refractivity contribution is 0.108. The molecule has 0 heterocycles. The van der Waals surface area contributed by atoms with Gasteiger partial charge in [-0.2, -0.15) is 0 Å². The molecule has 0 spiro atoms. The van der Waals surface area contributed by atoms with Crippen molar-refractivity contribution in [1.29, 1.82) is 0 Å². The number of carbonyl (C=O) groups excluding carboxylic acids is 1. The van der Waals surface area contributed by atoms with Crippen LogP contribution in [0.4, 0.5) is 0 Å². The third kappa shape index (κ3) is 1.84. The van der Waals surface area contributed by atoms with Crippen LogP contribution in [-0.2, 0) is 4.57 Å². The van der Waals surface area contributed by atoms with E-state index in [0.29, 0.717) is 5.56 Å². The molecule has 2 nitrogen and oxygen atoms in total. The molecular formula is C10H11O2P. The zero-order valence-electron chi connectivity index (χ0n) is 7.92. The first-order valence-electron chi connectivity index (χ1n) is 4.02. The molecule has 0 radical (unpaired) electrons. The van der Waals surface area contributed by atoms with Crippen LogP contribution in [0.3, 0.4) is 0 Å². The van der Waals surface area contributed by atoms with E-state index in [9.17, 15) is 9.36 Å². The van der Waals surface area contributed by atoms with Gasteiger partial charge < -0.3 is 0 Å². The third-order valence-electron chi connectivity index (χ3n) is 2.24. The predicted molar refractivity (Wildman–Crippen MR) is 52.6 cm³/mol. The molecule has 0 N–H and O–H groups in total. The van der Waals surface area contributed by atoms with E-state index in [4.69, 9.17) is 0 Å². The van der Waals surface area contributed by atoms with Gasteiger partial charge >= 0.3 is 0 Å². The summed E-state index contributed by atoms with van der Waals surface area (Å²) in [5, 5.41) is 0. The van der Waals surface area contributed by atoms with Gasteiger partial charge in [0.2, 0.25) is 8.46 Å². The summed E-state index contributed by atoms with van der Waals surface area (Å²) in [6, 6.07) is 3.84. The van der Waals surface area contributed by atoms with Crippen molar-refractivity contribution in [1.82, 2.24) is 0 Å². The minimum atomic E-state index is -0.432. The van der Waals surface area contributed by atoms with Crippen LogP contribution in [0.15, 0.2) is 12.1 Å². The van der Waals surface area contributed by atoms with Crippen LogP contribution in [0.25, 0.3) is 0 Å². The maximum Gasteiger partial charge on any atom is 0.253 e. The third-order valence-corrected chi connectivity index (χ3v) is 2.63. The highest BCUT2D eigenvalue weighted by Gasteiger charge is 2.12. The summed E-state index contributed by atoms with van der Waals surface area (Å²) in [4.78, 5) is 11.3. The number of carbonyl (C=O) groups is 1. The van der Waals surface area contributed by atoms with E-state index in [1.54, 1.807) is 0 Å². The van der Waals surface area contributed by atoms with E-state index in [1.165, 1.54) is 0 Å². The molecule has 0 bridgehead atoms. The molecule has 0 aromatic heterocycles. The second-order valence-electron chi connectivity index (χ2n) is 3.10. The van der Waals surface area contributed by atoms with E-state index in [-0.39, 0.29) is 5.52 Å². The largest absolute Gasteiger partial charge is 0.280 e. The second-order valence-corrected chi connectivity index (χ2v) is 3.68. The number of hydrogen-bond donors (Lipinski definition) is 0. The van der Waals surface area contributed by atoms with Crippen LogP contribution in [-0.4, -0.2) is 5.52 Å². The number of rotatable bonds is 2. The topological polar surface area (TPSA) is 34.1 Å². The lowest BCUT2D eigenvalue weighted by Gasteiger charge is -2.07. The van der Waals surface area contributed by atoms with Crippen LogP contribution < -0.4 is 0 Å². The lowest BCUT2D eigenvalue weighted by Crippen LogP contribution is -1.99. The second kappa shape index (κ2) is 3.80. The monoisotopic (exact) mass is 194 g/mol. The Morgan fingerprint density at radius 1 is 1.15 bits per heavy atom. The van der Waals surface area contributed by atoms with Crippen molar-refractivity contribution in [2.75, 3.05) is 0 Å². The van der Waals surface area contributed by atoms with Gasteiger partial charge in [-0.05, 0) is 37.5 Å². The Morgan fingerprint density at radius 2 is 1.69 bits per heavy atom. The number of hydrogen-bond acceptors (Lipinski definition) is 2. The van der Waals surface area contributed by atoms with Crippen LogP contribution in [0.2, 0.25) is 0 Å². The Labute approximate surface area is 79.2 Å². The van der Waals surface area contributed by atoms with Gasteiger partial charge in [-0.25, -0.2) is 0 Å². The van der Waals surface area contributed by atoms with Crippen molar-refractivity contribution >= 4 is 14.0 Å². The molecule has 3 heteroatoms. The van der Waals surface area contributed by atoms with Crippen LogP contribution in [0.5, 0.6) is 0 Å². The standard InChI is InChI=1S/C10H11O2P/c1-6-4-5-7(2)9(8(6)3)10(11)13-12/h4-5H,1-3H3. The molecule has 1 aromatic carbocycles. The first kappa shape index (κ1) is 10.1. The van der Waals surface area contributed by atoms with E-state index in [1.807, 2.05) is 32.9 Å². The van der Waals surface area contributed by atoms with Crippen molar-refractivity contribution in [3.8, 4) is 0 Å². The Hall–Kier alpha value is -1.01. The van der Waals surface area contributed by atoms with E-state index in [0.717, 1.165) is 16.7 Å². The fraction of sp³-hybridized carbons (Fsp3) is 0.300. The van der Waals surface area contributed by atoms with Crippen molar-refractivity contribution in [2.24, 2.45) is 0 Å². The minimum absolute atomic E-state index is 0.335. The fourth-order valence-electron chi connectivity index (χ4n) is 1.33. The minimum Gasteiger partial charge on any atom is -0.280 e. The molecule has 0 saturated carbocycles. The van der Waals surface area contributed by atoms with Gasteiger partial charge in [-0.3, -0.25) is 9.36 Å². The highest BCUT2D eigenvalue weighted by Crippen LogP contribution is 2.21. The van der Waals surface area contributed by atoms with E-state index >= 15 is 0 Å². The maximum atomic E-state index is 11.3. The van der Waals surface area contributed by atoms with Gasteiger partial charge in [0, 0.05) is 5.56 Å². The average Bonchev–Trinajstić information content (AvgIpc) is 2.12. The Bertz CT molecular complexity index is 369. The highest BCUT2D eigenvalue weighted by molar-refractivity contribution is 7.47. The molecular weight excluding hydrogens is 183 g/mol. The van der Waals surface area contributed by atoms with Gasteiger partial charge in [0.15, 0.2) is 0 Å². The number of aryl methyl sites for hydroxylation is 2.